The van der Waals surface area contributed by atoms with Crippen LogP contribution in [0.2, 0.25) is 0 Å². The van der Waals surface area contributed by atoms with Gasteiger partial charge in [-0.2, -0.15) is 0 Å². The number of rotatable bonds is 11. The normalized spacial score (nSPS) is 19.2. The van der Waals surface area contributed by atoms with Crippen molar-refractivity contribution in [3.8, 4) is 0 Å². The Labute approximate surface area is 115 Å². The Kier molecular flexibility index (Phi) is 7.92. The van der Waals surface area contributed by atoms with Crippen molar-refractivity contribution in [3.05, 3.63) is 0 Å². The molecule has 0 aromatic rings. The number of nitrogens with one attached hydrogen (secondary N) is 1. The van der Waals surface area contributed by atoms with Crippen molar-refractivity contribution in [2.75, 3.05) is 13.6 Å². The molecule has 1 aliphatic carbocycles. The van der Waals surface area contributed by atoms with Crippen LogP contribution in [0.5, 0.6) is 0 Å². The molecule has 1 fully saturated rings. The molecule has 108 valence electrons. The van der Waals surface area contributed by atoms with E-state index in [9.17, 15) is 0 Å². The van der Waals surface area contributed by atoms with Crippen LogP contribution in [0.4, 0.5) is 0 Å². The molecule has 0 aliphatic heterocycles. The van der Waals surface area contributed by atoms with Gasteiger partial charge in [-0.15, -0.1) is 0 Å². The summed E-state index contributed by atoms with van der Waals surface area (Å²) in [5, 5.41) is 3.70. The molecule has 0 heterocycles. The maximum Gasteiger partial charge on any atom is 0.0192 e. The fourth-order valence-electron chi connectivity index (χ4n) is 2.51. The zero-order valence-corrected chi connectivity index (χ0v) is 13.0. The summed E-state index contributed by atoms with van der Waals surface area (Å²) in [6.45, 7) is 8.11. The molecule has 1 saturated carbocycles. The third-order valence-electron chi connectivity index (χ3n) is 4.32. The lowest BCUT2D eigenvalue weighted by Crippen LogP contribution is -2.41. The summed E-state index contributed by atoms with van der Waals surface area (Å²) < 4.78 is 0. The molecule has 0 saturated heterocycles. The highest BCUT2D eigenvalue weighted by atomic mass is 15.2. The zero-order chi connectivity index (χ0) is 13.4. The van der Waals surface area contributed by atoms with Gasteiger partial charge in [0.2, 0.25) is 0 Å². The SMILES string of the molecule is CCCCCCCC(C)NCC(C)N(C)C1CC1. The van der Waals surface area contributed by atoms with Gasteiger partial charge in [0.1, 0.15) is 0 Å². The number of likely N-dealkylation sites (N-methyl/N-ethyl adjacent to an activating group) is 1. The maximum absolute atomic E-state index is 3.70. The van der Waals surface area contributed by atoms with Gasteiger partial charge in [-0.25, -0.2) is 0 Å². The number of unbranched alkanes of at least 4 members (excludes halogenated alkanes) is 4. The van der Waals surface area contributed by atoms with Gasteiger partial charge in [0.05, 0.1) is 0 Å². The quantitative estimate of drug-likeness (QED) is 0.564. The van der Waals surface area contributed by atoms with Crippen LogP contribution >= 0.6 is 0 Å². The Morgan fingerprint density at radius 3 is 2.39 bits per heavy atom. The van der Waals surface area contributed by atoms with Crippen molar-refractivity contribution in [3.63, 3.8) is 0 Å². The molecule has 0 aromatic heterocycles. The molecule has 0 bridgehead atoms. The van der Waals surface area contributed by atoms with Crippen molar-refractivity contribution in [2.45, 2.75) is 90.3 Å². The molecule has 0 amide bonds. The van der Waals surface area contributed by atoms with E-state index in [4.69, 9.17) is 0 Å². The third kappa shape index (κ3) is 6.75. The minimum atomic E-state index is 0.681. The average Bonchev–Trinajstić information content (AvgIpc) is 3.19. The van der Waals surface area contributed by atoms with E-state index in [1.807, 2.05) is 0 Å². The topological polar surface area (TPSA) is 15.3 Å². The highest BCUT2D eigenvalue weighted by Gasteiger charge is 2.28. The van der Waals surface area contributed by atoms with E-state index in [1.165, 1.54) is 51.4 Å². The van der Waals surface area contributed by atoms with Gasteiger partial charge in [0.25, 0.3) is 0 Å². The summed E-state index contributed by atoms with van der Waals surface area (Å²) in [5.74, 6) is 0. The summed E-state index contributed by atoms with van der Waals surface area (Å²) in [7, 11) is 2.28. The van der Waals surface area contributed by atoms with Crippen LogP contribution in [-0.2, 0) is 0 Å². The monoisotopic (exact) mass is 254 g/mol. The van der Waals surface area contributed by atoms with Crippen LogP contribution in [0.15, 0.2) is 0 Å². The molecule has 18 heavy (non-hydrogen) atoms. The summed E-state index contributed by atoms with van der Waals surface area (Å²) in [5.41, 5.74) is 0. The molecule has 2 atom stereocenters. The first-order chi connectivity index (χ1) is 8.65. The van der Waals surface area contributed by atoms with Gasteiger partial charge in [-0.05, 0) is 40.2 Å². The van der Waals surface area contributed by atoms with Crippen LogP contribution < -0.4 is 5.32 Å². The van der Waals surface area contributed by atoms with Crippen molar-refractivity contribution < 1.29 is 0 Å². The number of nitrogens with zero attached hydrogens (tertiary/aromatic N) is 1. The largest absolute Gasteiger partial charge is 0.313 e. The lowest BCUT2D eigenvalue weighted by Gasteiger charge is -2.26. The summed E-state index contributed by atoms with van der Waals surface area (Å²) in [6.07, 6.45) is 11.1. The standard InChI is InChI=1S/C16H34N2/c1-5-6-7-8-9-10-14(2)17-13-15(3)18(4)16-11-12-16/h14-17H,5-13H2,1-4H3. The van der Waals surface area contributed by atoms with Crippen LogP contribution in [0.25, 0.3) is 0 Å². The van der Waals surface area contributed by atoms with E-state index in [0.29, 0.717) is 12.1 Å². The van der Waals surface area contributed by atoms with Gasteiger partial charge >= 0.3 is 0 Å². The molecule has 1 rings (SSSR count). The Morgan fingerprint density at radius 1 is 1.11 bits per heavy atom. The second-order valence-corrected chi connectivity index (χ2v) is 6.26. The van der Waals surface area contributed by atoms with Gasteiger partial charge in [-0.1, -0.05) is 39.0 Å². The van der Waals surface area contributed by atoms with Crippen LogP contribution in [0.1, 0.15) is 72.1 Å². The molecule has 1 N–H and O–H groups in total. The lowest BCUT2D eigenvalue weighted by molar-refractivity contribution is 0.235. The highest BCUT2D eigenvalue weighted by molar-refractivity contribution is 4.86. The lowest BCUT2D eigenvalue weighted by atomic mass is 10.1. The maximum atomic E-state index is 3.70. The smallest absolute Gasteiger partial charge is 0.0192 e. The summed E-state index contributed by atoms with van der Waals surface area (Å²) >= 11 is 0. The number of hydrogen-bond acceptors (Lipinski definition) is 2. The minimum absolute atomic E-state index is 0.681. The highest BCUT2D eigenvalue weighted by Crippen LogP contribution is 2.26. The van der Waals surface area contributed by atoms with Gasteiger partial charge in [-0.3, -0.25) is 4.90 Å². The van der Waals surface area contributed by atoms with Crippen molar-refractivity contribution in [2.24, 2.45) is 0 Å². The Hall–Kier alpha value is -0.0800. The predicted octanol–water partition coefficient (Wildman–Crippen LogP) is 3.81. The van der Waals surface area contributed by atoms with E-state index >= 15 is 0 Å². The van der Waals surface area contributed by atoms with Crippen molar-refractivity contribution >= 4 is 0 Å². The van der Waals surface area contributed by atoms with Crippen molar-refractivity contribution in [1.29, 1.82) is 0 Å². The number of hydrogen-bond donors (Lipinski definition) is 1. The first-order valence-electron chi connectivity index (χ1n) is 8.10. The van der Waals surface area contributed by atoms with E-state index in [2.05, 4.69) is 38.0 Å². The molecule has 2 unspecified atom stereocenters. The third-order valence-corrected chi connectivity index (χ3v) is 4.32. The Morgan fingerprint density at radius 2 is 1.78 bits per heavy atom. The second-order valence-electron chi connectivity index (χ2n) is 6.26. The summed E-state index contributed by atoms with van der Waals surface area (Å²) in [4.78, 5) is 2.54. The first kappa shape index (κ1) is 16.0. The van der Waals surface area contributed by atoms with Crippen molar-refractivity contribution in [1.82, 2.24) is 10.2 Å². The molecule has 0 aromatic carbocycles. The minimum Gasteiger partial charge on any atom is -0.313 e. The molecule has 0 spiro atoms. The molecular weight excluding hydrogens is 220 g/mol. The van der Waals surface area contributed by atoms with E-state index < -0.39 is 0 Å². The predicted molar refractivity (Wildman–Crippen MR) is 81.1 cm³/mol. The summed E-state index contributed by atoms with van der Waals surface area (Å²) in [6, 6.07) is 2.24. The second kappa shape index (κ2) is 8.92. The molecule has 2 nitrogen and oxygen atoms in total. The van der Waals surface area contributed by atoms with Crippen LogP contribution in [-0.4, -0.2) is 36.6 Å². The van der Waals surface area contributed by atoms with Gasteiger partial charge in [0, 0.05) is 24.7 Å². The van der Waals surface area contributed by atoms with E-state index in [-0.39, 0.29) is 0 Å². The fraction of sp³-hybridized carbons (Fsp3) is 1.00. The molecule has 2 heteroatoms. The van der Waals surface area contributed by atoms with E-state index in [1.54, 1.807) is 0 Å². The average molecular weight is 254 g/mol. The molecule has 0 radical (unpaired) electrons. The van der Waals surface area contributed by atoms with Crippen LogP contribution in [0, 0.1) is 0 Å². The Balaban J connectivity index is 1.96. The zero-order valence-electron chi connectivity index (χ0n) is 13.0. The van der Waals surface area contributed by atoms with Gasteiger partial charge in [0.15, 0.2) is 0 Å². The molecular formula is C16H34N2. The van der Waals surface area contributed by atoms with Gasteiger partial charge < -0.3 is 5.32 Å². The van der Waals surface area contributed by atoms with Crippen LogP contribution in [0.3, 0.4) is 0 Å². The Bertz CT molecular complexity index is 201. The first-order valence-corrected chi connectivity index (χ1v) is 8.10. The molecule has 1 aliphatic rings. The van der Waals surface area contributed by atoms with E-state index in [0.717, 1.165) is 12.6 Å². The fourth-order valence-corrected chi connectivity index (χ4v) is 2.51.